The summed E-state index contributed by atoms with van der Waals surface area (Å²) >= 11 is 0. The number of piperidine rings is 1. The summed E-state index contributed by atoms with van der Waals surface area (Å²) in [5.74, 6) is -0.858. The number of benzene rings is 1. The van der Waals surface area contributed by atoms with Crippen LogP contribution in [0.2, 0.25) is 0 Å². The van der Waals surface area contributed by atoms with Crippen molar-refractivity contribution in [2.75, 3.05) is 36.4 Å². The molecule has 0 aliphatic carbocycles. The van der Waals surface area contributed by atoms with Crippen molar-refractivity contribution in [1.82, 2.24) is 24.1 Å². The number of fused-ring (bicyclic) bond motifs is 2. The van der Waals surface area contributed by atoms with Crippen LogP contribution in [0.5, 0.6) is 0 Å². The molecule has 216 valence electrons. The molecule has 0 atom stereocenters. The number of anilines is 2. The molecule has 5 heterocycles. The zero-order valence-corrected chi connectivity index (χ0v) is 24.2. The monoisotopic (exact) mass is 561 g/mol. The first-order valence-corrected chi connectivity index (χ1v) is 14.1. The molecule has 1 spiro atoms. The lowest BCUT2D eigenvalue weighted by molar-refractivity contribution is 0.00600. The predicted octanol–water partition coefficient (Wildman–Crippen LogP) is 5.24. The third-order valence-corrected chi connectivity index (χ3v) is 8.02. The van der Waals surface area contributed by atoms with E-state index in [0.29, 0.717) is 42.1 Å². The van der Waals surface area contributed by atoms with Crippen molar-refractivity contribution in [3.63, 3.8) is 0 Å². The average molecular weight is 562 g/mol. The number of imidazole rings is 1. The third-order valence-electron chi connectivity index (χ3n) is 8.02. The third kappa shape index (κ3) is 5.09. The molecule has 41 heavy (non-hydrogen) atoms. The van der Waals surface area contributed by atoms with E-state index < -0.39 is 11.4 Å². The lowest BCUT2D eigenvalue weighted by atomic mass is 9.71. The maximum Gasteiger partial charge on any atom is 0.410 e. The number of nitrogens with zero attached hydrogens (tertiary/aromatic N) is 6. The molecule has 0 unspecified atom stereocenters. The van der Waals surface area contributed by atoms with Crippen LogP contribution in [0, 0.1) is 18.2 Å². The van der Waals surface area contributed by atoms with E-state index in [4.69, 9.17) is 9.84 Å². The maximum atomic E-state index is 14.6. The van der Waals surface area contributed by atoms with E-state index in [1.165, 1.54) is 6.07 Å². The van der Waals surface area contributed by atoms with E-state index in [-0.39, 0.29) is 23.1 Å². The SMILES string of the molecule is CCn1cc2c(N3CC4(CCN(C(=O)OC(C)(C)C)CC4)C3)ccc(C(=O)Nc3cc(F)c4nc(C)cn4c3)c2n1. The molecule has 2 fully saturated rings. The summed E-state index contributed by atoms with van der Waals surface area (Å²) in [7, 11) is 0. The fourth-order valence-corrected chi connectivity index (χ4v) is 5.95. The fourth-order valence-electron chi connectivity index (χ4n) is 5.95. The van der Waals surface area contributed by atoms with Gasteiger partial charge in [0.25, 0.3) is 5.91 Å². The molecule has 0 saturated carbocycles. The van der Waals surface area contributed by atoms with E-state index in [9.17, 15) is 14.0 Å². The van der Waals surface area contributed by atoms with Crippen LogP contribution in [0.25, 0.3) is 16.6 Å². The average Bonchev–Trinajstić information content (AvgIpc) is 3.49. The molecular formula is C30H36FN7O3. The van der Waals surface area contributed by atoms with Gasteiger partial charge in [0.05, 0.1) is 16.9 Å². The Morgan fingerprint density at radius 3 is 2.54 bits per heavy atom. The molecule has 0 bridgehead atoms. The summed E-state index contributed by atoms with van der Waals surface area (Å²) in [4.78, 5) is 34.2. The normalized spacial score (nSPS) is 16.8. The number of ether oxygens (including phenoxy) is 1. The van der Waals surface area contributed by atoms with Crippen LogP contribution in [-0.4, -0.2) is 67.8 Å². The van der Waals surface area contributed by atoms with Gasteiger partial charge in [-0.15, -0.1) is 0 Å². The topological polar surface area (TPSA) is 97.0 Å². The Morgan fingerprint density at radius 1 is 1.12 bits per heavy atom. The number of halogens is 1. The first kappa shape index (κ1) is 27.0. The van der Waals surface area contributed by atoms with E-state index in [0.717, 1.165) is 37.0 Å². The molecule has 6 rings (SSSR count). The van der Waals surface area contributed by atoms with Crippen molar-refractivity contribution in [3.8, 4) is 0 Å². The number of rotatable bonds is 4. The largest absolute Gasteiger partial charge is 0.444 e. The second-order valence-electron chi connectivity index (χ2n) is 12.3. The molecule has 2 amide bonds. The molecule has 1 N–H and O–H groups in total. The van der Waals surface area contributed by atoms with Gasteiger partial charge < -0.3 is 24.3 Å². The molecule has 0 radical (unpaired) electrons. The molecule has 4 aromatic rings. The van der Waals surface area contributed by atoms with Crippen LogP contribution in [0.3, 0.4) is 0 Å². The second-order valence-corrected chi connectivity index (χ2v) is 12.3. The molecule has 2 aliphatic rings. The number of likely N-dealkylation sites (tertiary alicyclic amines) is 1. The zero-order chi connectivity index (χ0) is 29.1. The van der Waals surface area contributed by atoms with Crippen LogP contribution in [-0.2, 0) is 11.3 Å². The molecule has 1 aromatic carbocycles. The van der Waals surface area contributed by atoms with Crippen molar-refractivity contribution in [2.45, 2.75) is 59.6 Å². The minimum absolute atomic E-state index is 0.163. The smallest absolute Gasteiger partial charge is 0.410 e. The van der Waals surface area contributed by atoms with Crippen LogP contribution >= 0.6 is 0 Å². The summed E-state index contributed by atoms with van der Waals surface area (Å²) in [5, 5.41) is 8.46. The summed E-state index contributed by atoms with van der Waals surface area (Å²) in [6, 6.07) is 5.06. The highest BCUT2D eigenvalue weighted by molar-refractivity contribution is 6.14. The first-order valence-electron chi connectivity index (χ1n) is 14.1. The van der Waals surface area contributed by atoms with E-state index in [1.54, 1.807) is 29.8 Å². The highest BCUT2D eigenvalue weighted by Gasteiger charge is 2.46. The first-order chi connectivity index (χ1) is 19.4. The second kappa shape index (κ2) is 9.74. The van der Waals surface area contributed by atoms with Crippen molar-refractivity contribution < 1.29 is 18.7 Å². The molecule has 11 heteroatoms. The summed E-state index contributed by atoms with van der Waals surface area (Å²) < 4.78 is 23.6. The molecule has 2 aliphatic heterocycles. The highest BCUT2D eigenvalue weighted by atomic mass is 19.1. The molecular weight excluding hydrogens is 525 g/mol. The van der Waals surface area contributed by atoms with Crippen molar-refractivity contribution in [3.05, 3.63) is 53.9 Å². The number of hydrogen-bond donors (Lipinski definition) is 1. The van der Waals surface area contributed by atoms with Gasteiger partial charge in [-0.05, 0) is 59.6 Å². The van der Waals surface area contributed by atoms with Crippen LogP contribution in [0.4, 0.5) is 20.6 Å². The van der Waals surface area contributed by atoms with Gasteiger partial charge >= 0.3 is 6.09 Å². The van der Waals surface area contributed by atoms with Crippen molar-refractivity contribution >= 4 is 39.9 Å². The number of aryl methyl sites for hydroxylation is 2. The summed E-state index contributed by atoms with van der Waals surface area (Å²) in [6.07, 6.45) is 6.97. The number of amides is 2. The number of hydrogen-bond acceptors (Lipinski definition) is 6. The fraction of sp³-hybridized carbons (Fsp3) is 0.467. The minimum atomic E-state index is -0.504. The number of carbonyl (C=O) groups is 2. The Morgan fingerprint density at radius 2 is 1.85 bits per heavy atom. The Hall–Kier alpha value is -4.15. The standard InChI is InChI=1S/C30H36FN7O3/c1-6-38-16-22-24(37-17-30(18-37)9-11-35(12-10-30)28(40)41-29(3,4)5)8-7-21(25(22)34-38)27(39)33-20-13-23(31)26-32-19(2)14-36(26)15-20/h7-8,13-16H,6,9-12,17-18H2,1-5H3,(H,33,39). The molecule has 3 aromatic heterocycles. The molecule has 2 saturated heterocycles. The van der Waals surface area contributed by atoms with Crippen LogP contribution < -0.4 is 10.2 Å². The van der Waals surface area contributed by atoms with Crippen LogP contribution in [0.1, 0.15) is 56.6 Å². The Bertz CT molecular complexity index is 1650. The quantitative estimate of drug-likeness (QED) is 0.366. The van der Waals surface area contributed by atoms with E-state index >= 15 is 0 Å². The maximum absolute atomic E-state index is 14.6. The van der Waals surface area contributed by atoms with Gasteiger partial charge in [-0.2, -0.15) is 5.10 Å². The van der Waals surface area contributed by atoms with Gasteiger partial charge in [0, 0.05) is 73.9 Å². The minimum Gasteiger partial charge on any atom is -0.444 e. The lowest BCUT2D eigenvalue weighted by Crippen LogP contribution is -2.61. The number of pyridine rings is 1. The van der Waals surface area contributed by atoms with Gasteiger partial charge in [-0.3, -0.25) is 9.48 Å². The van der Waals surface area contributed by atoms with Crippen molar-refractivity contribution in [1.29, 1.82) is 0 Å². The van der Waals surface area contributed by atoms with E-state index in [1.807, 2.05) is 49.5 Å². The Kier molecular flexibility index (Phi) is 6.43. The number of aromatic nitrogens is 4. The summed E-state index contributed by atoms with van der Waals surface area (Å²) in [5.41, 5.74) is 3.00. The summed E-state index contributed by atoms with van der Waals surface area (Å²) in [6.45, 7) is 13.3. The van der Waals surface area contributed by atoms with Crippen molar-refractivity contribution in [2.24, 2.45) is 5.41 Å². The predicted molar refractivity (Wildman–Crippen MR) is 155 cm³/mol. The Balaban J connectivity index is 1.19. The number of nitrogens with one attached hydrogen (secondary N) is 1. The van der Waals surface area contributed by atoms with Gasteiger partial charge in [-0.25, -0.2) is 14.2 Å². The zero-order valence-electron chi connectivity index (χ0n) is 24.2. The van der Waals surface area contributed by atoms with Gasteiger partial charge in [0.1, 0.15) is 11.1 Å². The number of carbonyl (C=O) groups excluding carboxylic acids is 2. The lowest BCUT2D eigenvalue weighted by Gasteiger charge is -2.55. The molecule has 10 nitrogen and oxygen atoms in total. The van der Waals surface area contributed by atoms with Gasteiger partial charge in [0.2, 0.25) is 0 Å². The van der Waals surface area contributed by atoms with Crippen LogP contribution in [0.15, 0.2) is 36.8 Å². The van der Waals surface area contributed by atoms with Gasteiger partial charge in [0.15, 0.2) is 11.5 Å². The van der Waals surface area contributed by atoms with Gasteiger partial charge in [-0.1, -0.05) is 0 Å². The Labute approximate surface area is 238 Å². The highest BCUT2D eigenvalue weighted by Crippen LogP contribution is 2.44. The van der Waals surface area contributed by atoms with E-state index in [2.05, 4.69) is 15.2 Å².